The molecule has 0 fully saturated rings. The summed E-state index contributed by atoms with van der Waals surface area (Å²) in [7, 11) is 0. The Kier molecular flexibility index (Phi) is 2.73. The zero-order chi connectivity index (χ0) is 10.7. The average molecular weight is 221 g/mol. The molecule has 0 aliphatic rings. The zero-order valence-corrected chi connectivity index (χ0v) is 8.48. The summed E-state index contributed by atoms with van der Waals surface area (Å²) < 4.78 is 9.01. The molecule has 4 nitrogen and oxygen atoms in total. The molecule has 1 heterocycles. The van der Waals surface area contributed by atoms with Crippen LogP contribution in [0.15, 0.2) is 40.9 Å². The molecular formula is C10H7NO3S. The van der Waals surface area contributed by atoms with E-state index in [0.29, 0.717) is 5.69 Å². The Hall–Kier alpha value is -1.75. The molecule has 0 saturated carbocycles. The summed E-state index contributed by atoms with van der Waals surface area (Å²) in [5, 5.41) is 3.75. The molecule has 0 amide bonds. The monoisotopic (exact) mass is 221 g/mol. The smallest absolute Gasteiger partial charge is 0.388 e. The molecule has 5 heteroatoms. The zero-order valence-electron chi connectivity index (χ0n) is 7.58. The van der Waals surface area contributed by atoms with Crippen molar-refractivity contribution in [2.75, 3.05) is 0 Å². The second-order valence-corrected chi connectivity index (χ2v) is 3.00. The Morgan fingerprint density at radius 3 is 2.73 bits per heavy atom. The van der Waals surface area contributed by atoms with E-state index in [1.807, 2.05) is 30.3 Å². The van der Waals surface area contributed by atoms with Gasteiger partial charge >= 0.3 is 5.97 Å². The molecule has 1 aromatic heterocycles. The molecule has 0 spiro atoms. The molecule has 0 radical (unpaired) electrons. The summed E-state index contributed by atoms with van der Waals surface area (Å²) in [6, 6.07) is 10.9. The third-order valence-electron chi connectivity index (χ3n) is 1.86. The molecule has 0 saturated heterocycles. The second kappa shape index (κ2) is 4.18. The predicted molar refractivity (Wildman–Crippen MR) is 56.3 cm³/mol. The van der Waals surface area contributed by atoms with Crippen LogP contribution in [0, 0.1) is 0 Å². The molecule has 15 heavy (non-hydrogen) atoms. The van der Waals surface area contributed by atoms with E-state index in [1.165, 1.54) is 6.07 Å². The van der Waals surface area contributed by atoms with Gasteiger partial charge in [0, 0.05) is 24.5 Å². The Morgan fingerprint density at radius 2 is 2.07 bits per heavy atom. The first kappa shape index (κ1) is 9.79. The van der Waals surface area contributed by atoms with Gasteiger partial charge in [-0.1, -0.05) is 35.5 Å². The fraction of sp³-hybridized carbons (Fsp3) is 0. The average Bonchev–Trinajstić information content (AvgIpc) is 2.78. The molecule has 76 valence electrons. The molecule has 0 aliphatic heterocycles. The van der Waals surface area contributed by atoms with Gasteiger partial charge in [-0.3, -0.25) is 0 Å². The van der Waals surface area contributed by atoms with Gasteiger partial charge in [0.25, 0.3) is 0 Å². The van der Waals surface area contributed by atoms with Gasteiger partial charge in [-0.15, -0.1) is 0 Å². The van der Waals surface area contributed by atoms with Crippen molar-refractivity contribution >= 4 is 18.9 Å². The van der Waals surface area contributed by atoms with Gasteiger partial charge in [-0.25, -0.2) is 4.79 Å². The van der Waals surface area contributed by atoms with E-state index in [2.05, 4.69) is 22.2 Å². The quantitative estimate of drug-likeness (QED) is 0.624. The van der Waals surface area contributed by atoms with Crippen molar-refractivity contribution in [3.05, 3.63) is 42.2 Å². The fourth-order valence-corrected chi connectivity index (χ4v) is 1.25. The van der Waals surface area contributed by atoms with Gasteiger partial charge in [-0.2, -0.15) is 0 Å². The van der Waals surface area contributed by atoms with Crippen LogP contribution in [0.3, 0.4) is 0 Å². The molecular weight excluding hydrogens is 214 g/mol. The highest BCUT2D eigenvalue weighted by Crippen LogP contribution is 2.18. The van der Waals surface area contributed by atoms with Gasteiger partial charge in [0.05, 0.1) is 0 Å². The van der Waals surface area contributed by atoms with Gasteiger partial charge in [-0.05, 0) is 0 Å². The lowest BCUT2D eigenvalue weighted by Gasteiger charge is -1.91. The number of thiol groups is 1. The van der Waals surface area contributed by atoms with Crippen molar-refractivity contribution in [2.45, 2.75) is 0 Å². The largest absolute Gasteiger partial charge is 0.389 e. The second-order valence-electron chi connectivity index (χ2n) is 2.82. The van der Waals surface area contributed by atoms with Crippen LogP contribution in [-0.4, -0.2) is 11.1 Å². The minimum atomic E-state index is -0.659. The molecule has 0 aliphatic carbocycles. The highest BCUT2D eigenvalue weighted by atomic mass is 32.1. The first-order valence-corrected chi connectivity index (χ1v) is 4.55. The normalized spacial score (nSPS) is 9.93. The van der Waals surface area contributed by atoms with Crippen LogP contribution in [0.2, 0.25) is 0 Å². The number of rotatable bonds is 2. The number of carbonyl (C=O) groups excluding carboxylic acids is 1. The van der Waals surface area contributed by atoms with E-state index in [0.717, 1.165) is 5.56 Å². The molecule has 1 aromatic carbocycles. The van der Waals surface area contributed by atoms with Crippen molar-refractivity contribution in [2.24, 2.45) is 0 Å². The third-order valence-corrected chi connectivity index (χ3v) is 2.03. The van der Waals surface area contributed by atoms with Crippen LogP contribution >= 0.6 is 12.9 Å². The van der Waals surface area contributed by atoms with E-state index in [-0.39, 0.29) is 5.76 Å². The third kappa shape index (κ3) is 2.02. The summed E-state index contributed by atoms with van der Waals surface area (Å²) in [5.41, 5.74) is 1.46. The number of carbonyl (C=O) groups is 1. The van der Waals surface area contributed by atoms with Crippen molar-refractivity contribution in [3.8, 4) is 11.3 Å². The van der Waals surface area contributed by atoms with Crippen LogP contribution < -0.4 is 0 Å². The number of aromatic nitrogens is 1. The number of hydrogen-bond acceptors (Lipinski definition) is 5. The summed E-state index contributed by atoms with van der Waals surface area (Å²) in [6.07, 6.45) is 0. The SMILES string of the molecule is O=C(OS)c1cc(-c2ccccc2)no1. The number of nitrogens with zero attached hydrogens (tertiary/aromatic N) is 1. The van der Waals surface area contributed by atoms with E-state index < -0.39 is 5.97 Å². The van der Waals surface area contributed by atoms with Gasteiger partial charge in [0.2, 0.25) is 5.76 Å². The standard InChI is InChI=1S/C10H7NO3S/c12-10(14-15)9-6-8(11-13-9)7-4-2-1-3-5-7/h1-6,15H. The molecule has 0 bridgehead atoms. The van der Waals surface area contributed by atoms with Gasteiger partial charge in [0.1, 0.15) is 5.69 Å². The van der Waals surface area contributed by atoms with E-state index in [9.17, 15) is 4.79 Å². The summed E-state index contributed by atoms with van der Waals surface area (Å²) in [6.45, 7) is 0. The van der Waals surface area contributed by atoms with Crippen LogP contribution in [0.1, 0.15) is 10.6 Å². The number of benzene rings is 1. The van der Waals surface area contributed by atoms with Crippen LogP contribution in [-0.2, 0) is 4.18 Å². The van der Waals surface area contributed by atoms with Crippen molar-refractivity contribution < 1.29 is 13.5 Å². The summed E-state index contributed by atoms with van der Waals surface area (Å²) in [4.78, 5) is 11.0. The van der Waals surface area contributed by atoms with Crippen molar-refractivity contribution in [3.63, 3.8) is 0 Å². The van der Waals surface area contributed by atoms with E-state index in [1.54, 1.807) is 0 Å². The maximum Gasteiger partial charge on any atom is 0.388 e. The molecule has 2 rings (SSSR count). The predicted octanol–water partition coefficient (Wildman–Crippen LogP) is 2.34. The van der Waals surface area contributed by atoms with Crippen LogP contribution in [0.4, 0.5) is 0 Å². The maximum absolute atomic E-state index is 11.0. The van der Waals surface area contributed by atoms with Crippen molar-refractivity contribution in [1.29, 1.82) is 0 Å². The number of hydrogen-bond donors (Lipinski definition) is 1. The Labute approximate surface area is 91.5 Å². The molecule has 0 unspecified atom stereocenters. The minimum absolute atomic E-state index is 0.0313. The fourth-order valence-electron chi connectivity index (χ4n) is 1.16. The van der Waals surface area contributed by atoms with Gasteiger partial charge < -0.3 is 8.71 Å². The summed E-state index contributed by atoms with van der Waals surface area (Å²) >= 11 is 3.39. The Morgan fingerprint density at radius 1 is 1.33 bits per heavy atom. The Balaban J connectivity index is 2.32. The minimum Gasteiger partial charge on any atom is -0.389 e. The maximum atomic E-state index is 11.0. The van der Waals surface area contributed by atoms with Crippen molar-refractivity contribution in [1.82, 2.24) is 5.16 Å². The highest BCUT2D eigenvalue weighted by Gasteiger charge is 2.14. The topological polar surface area (TPSA) is 52.3 Å². The molecule has 0 N–H and O–H groups in total. The lowest BCUT2D eigenvalue weighted by Crippen LogP contribution is -1.94. The molecule has 2 aromatic rings. The first-order chi connectivity index (χ1) is 7.31. The highest BCUT2D eigenvalue weighted by molar-refractivity contribution is 7.75. The van der Waals surface area contributed by atoms with Gasteiger partial charge in [0.15, 0.2) is 0 Å². The first-order valence-electron chi connectivity index (χ1n) is 4.19. The van der Waals surface area contributed by atoms with Crippen LogP contribution in [0.25, 0.3) is 11.3 Å². The van der Waals surface area contributed by atoms with E-state index >= 15 is 0 Å². The lowest BCUT2D eigenvalue weighted by atomic mass is 10.1. The van der Waals surface area contributed by atoms with E-state index in [4.69, 9.17) is 4.52 Å². The molecule has 0 atom stereocenters. The summed E-state index contributed by atoms with van der Waals surface area (Å²) in [5.74, 6) is -0.628. The Bertz CT molecular complexity index is 467. The van der Waals surface area contributed by atoms with Crippen LogP contribution in [0.5, 0.6) is 0 Å². The lowest BCUT2D eigenvalue weighted by molar-refractivity contribution is 0.0729.